The molecule has 2 N–H and O–H groups in total. The molecule has 3 nitrogen and oxygen atoms in total. The summed E-state index contributed by atoms with van der Waals surface area (Å²) in [7, 11) is 1.75. The lowest BCUT2D eigenvalue weighted by Gasteiger charge is -2.28. The molecule has 0 unspecified atom stereocenters. The summed E-state index contributed by atoms with van der Waals surface area (Å²) in [5.41, 5.74) is 8.78. The first kappa shape index (κ1) is 13.4. The minimum absolute atomic E-state index is 0.124. The predicted molar refractivity (Wildman–Crippen MR) is 75.1 cm³/mol. The maximum absolute atomic E-state index is 6.11. The van der Waals surface area contributed by atoms with Crippen LogP contribution in [0.2, 0.25) is 0 Å². The molecule has 3 heteroatoms. The van der Waals surface area contributed by atoms with Crippen LogP contribution in [0.3, 0.4) is 0 Å². The average molecular weight is 248 g/mol. The van der Waals surface area contributed by atoms with Gasteiger partial charge in [0.2, 0.25) is 0 Å². The Kier molecular flexibility index (Phi) is 3.93. The maximum Gasteiger partial charge on any atom is 0.122 e. The summed E-state index contributed by atoms with van der Waals surface area (Å²) in [5, 5.41) is 0. The van der Waals surface area contributed by atoms with E-state index >= 15 is 0 Å². The van der Waals surface area contributed by atoms with E-state index in [1.807, 2.05) is 0 Å². The van der Waals surface area contributed by atoms with Gasteiger partial charge in [0.1, 0.15) is 5.75 Å². The van der Waals surface area contributed by atoms with Gasteiger partial charge in [-0.1, -0.05) is 12.1 Å². The number of hydrogen-bond acceptors (Lipinski definition) is 3. The lowest BCUT2D eigenvalue weighted by Crippen LogP contribution is -2.46. The summed E-state index contributed by atoms with van der Waals surface area (Å²) in [6, 6.07) is 6.36. The Morgan fingerprint density at radius 1 is 1.28 bits per heavy atom. The zero-order valence-electron chi connectivity index (χ0n) is 11.7. The van der Waals surface area contributed by atoms with Crippen LogP contribution in [0.5, 0.6) is 5.75 Å². The van der Waals surface area contributed by atoms with Crippen molar-refractivity contribution in [3.8, 4) is 5.75 Å². The molecule has 1 heterocycles. The highest BCUT2D eigenvalue weighted by molar-refractivity contribution is 5.41. The Labute approximate surface area is 110 Å². The van der Waals surface area contributed by atoms with Crippen molar-refractivity contribution < 1.29 is 4.74 Å². The average Bonchev–Trinajstić information content (AvgIpc) is 2.50. The van der Waals surface area contributed by atoms with Crippen molar-refractivity contribution in [1.29, 1.82) is 0 Å². The van der Waals surface area contributed by atoms with E-state index in [9.17, 15) is 0 Å². The van der Waals surface area contributed by atoms with Crippen LogP contribution in [0, 0.1) is 0 Å². The van der Waals surface area contributed by atoms with E-state index in [1.54, 1.807) is 7.11 Å². The third-order valence-electron chi connectivity index (χ3n) is 3.46. The van der Waals surface area contributed by atoms with E-state index in [-0.39, 0.29) is 5.54 Å². The molecule has 0 radical (unpaired) electrons. The molecule has 100 valence electrons. The van der Waals surface area contributed by atoms with Crippen LogP contribution in [0.25, 0.3) is 0 Å². The first-order valence-corrected chi connectivity index (χ1v) is 6.65. The fraction of sp³-hybridized carbons (Fsp3) is 0.600. The number of benzene rings is 1. The smallest absolute Gasteiger partial charge is 0.122 e. The first-order valence-electron chi connectivity index (χ1n) is 6.65. The van der Waals surface area contributed by atoms with E-state index in [2.05, 4.69) is 36.9 Å². The monoisotopic (exact) mass is 248 g/mol. The van der Waals surface area contributed by atoms with Gasteiger partial charge in [-0.15, -0.1) is 0 Å². The summed E-state index contributed by atoms with van der Waals surface area (Å²) in [6.45, 7) is 7.27. The molecule has 2 rings (SSSR count). The lowest BCUT2D eigenvalue weighted by atomic mass is 10.0. The quantitative estimate of drug-likeness (QED) is 0.887. The molecule has 0 bridgehead atoms. The van der Waals surface area contributed by atoms with Gasteiger partial charge >= 0.3 is 0 Å². The minimum atomic E-state index is -0.124. The third-order valence-corrected chi connectivity index (χ3v) is 3.46. The van der Waals surface area contributed by atoms with Crippen molar-refractivity contribution in [2.24, 2.45) is 5.73 Å². The second-order valence-corrected chi connectivity index (χ2v) is 5.86. The van der Waals surface area contributed by atoms with Gasteiger partial charge in [-0.2, -0.15) is 0 Å². The van der Waals surface area contributed by atoms with Crippen molar-refractivity contribution >= 4 is 0 Å². The van der Waals surface area contributed by atoms with Gasteiger partial charge in [0.15, 0.2) is 0 Å². The van der Waals surface area contributed by atoms with Crippen molar-refractivity contribution in [2.75, 3.05) is 26.7 Å². The molecule has 1 aromatic carbocycles. The van der Waals surface area contributed by atoms with Crippen LogP contribution >= 0.6 is 0 Å². The van der Waals surface area contributed by atoms with E-state index in [4.69, 9.17) is 10.5 Å². The van der Waals surface area contributed by atoms with Crippen LogP contribution in [0.15, 0.2) is 18.2 Å². The molecular formula is C15H24N2O. The van der Waals surface area contributed by atoms with E-state index in [1.165, 1.54) is 11.1 Å². The lowest BCUT2D eigenvalue weighted by molar-refractivity contribution is 0.235. The Bertz CT molecular complexity index is 409. The van der Waals surface area contributed by atoms with Gasteiger partial charge in [0.05, 0.1) is 7.11 Å². The molecule has 0 aliphatic carbocycles. The number of rotatable bonds is 3. The fourth-order valence-electron chi connectivity index (χ4n) is 2.72. The number of nitrogens with two attached hydrogens (primary N) is 1. The Hall–Kier alpha value is -1.06. The minimum Gasteiger partial charge on any atom is -0.496 e. The highest BCUT2D eigenvalue weighted by Gasteiger charge is 2.21. The van der Waals surface area contributed by atoms with Crippen LogP contribution < -0.4 is 10.5 Å². The summed E-state index contributed by atoms with van der Waals surface area (Å²) in [5.74, 6) is 1.03. The Morgan fingerprint density at radius 2 is 2.00 bits per heavy atom. The van der Waals surface area contributed by atoms with Gasteiger partial charge in [-0.3, -0.25) is 0 Å². The number of nitrogens with zero attached hydrogens (tertiary/aromatic N) is 1. The van der Waals surface area contributed by atoms with Gasteiger partial charge in [0.25, 0.3) is 0 Å². The molecule has 0 fully saturated rings. The van der Waals surface area contributed by atoms with Crippen molar-refractivity contribution in [1.82, 2.24) is 4.90 Å². The summed E-state index contributed by atoms with van der Waals surface area (Å²) < 4.78 is 5.46. The molecular weight excluding hydrogens is 224 g/mol. The number of ether oxygens (including phenoxy) is 1. The van der Waals surface area contributed by atoms with Crippen LogP contribution in [-0.2, 0) is 12.8 Å². The molecule has 1 aliphatic rings. The van der Waals surface area contributed by atoms with Gasteiger partial charge in [-0.25, -0.2) is 0 Å². The molecule has 0 amide bonds. The normalized spacial score (nSPS) is 17.1. The van der Waals surface area contributed by atoms with Crippen molar-refractivity contribution in [3.05, 3.63) is 29.3 Å². The van der Waals surface area contributed by atoms with Crippen LogP contribution in [-0.4, -0.2) is 37.2 Å². The maximum atomic E-state index is 6.11. The SMILES string of the molecule is COc1cccc2c1CCN(CC(C)(C)N)CC2. The predicted octanol–water partition coefficient (Wildman–Crippen LogP) is 1.83. The molecule has 0 spiro atoms. The first-order chi connectivity index (χ1) is 8.49. The Morgan fingerprint density at radius 3 is 2.67 bits per heavy atom. The van der Waals surface area contributed by atoms with Gasteiger partial charge < -0.3 is 15.4 Å². The van der Waals surface area contributed by atoms with E-state index < -0.39 is 0 Å². The van der Waals surface area contributed by atoms with Crippen LogP contribution in [0.1, 0.15) is 25.0 Å². The van der Waals surface area contributed by atoms with E-state index in [0.29, 0.717) is 0 Å². The zero-order valence-corrected chi connectivity index (χ0v) is 11.7. The van der Waals surface area contributed by atoms with Gasteiger partial charge in [0, 0.05) is 25.2 Å². The Balaban J connectivity index is 2.12. The molecule has 0 atom stereocenters. The van der Waals surface area contributed by atoms with Crippen LogP contribution in [0.4, 0.5) is 0 Å². The molecule has 0 saturated carbocycles. The fourth-order valence-corrected chi connectivity index (χ4v) is 2.72. The van der Waals surface area contributed by atoms with Crippen molar-refractivity contribution in [2.45, 2.75) is 32.2 Å². The standard InChI is InChI=1S/C15H24N2O/c1-15(2,16)11-17-9-7-12-5-4-6-14(18-3)13(12)8-10-17/h4-6H,7-11,16H2,1-3H3. The summed E-state index contributed by atoms with van der Waals surface area (Å²) in [6.07, 6.45) is 2.14. The summed E-state index contributed by atoms with van der Waals surface area (Å²) in [4.78, 5) is 2.46. The number of hydrogen-bond donors (Lipinski definition) is 1. The zero-order chi connectivity index (χ0) is 13.2. The highest BCUT2D eigenvalue weighted by Crippen LogP contribution is 2.26. The number of methoxy groups -OCH3 is 1. The van der Waals surface area contributed by atoms with Crippen molar-refractivity contribution in [3.63, 3.8) is 0 Å². The number of fused-ring (bicyclic) bond motifs is 1. The van der Waals surface area contributed by atoms with Gasteiger partial charge in [-0.05, 0) is 43.9 Å². The second-order valence-electron chi connectivity index (χ2n) is 5.86. The molecule has 1 aliphatic heterocycles. The summed E-state index contributed by atoms with van der Waals surface area (Å²) >= 11 is 0. The second kappa shape index (κ2) is 5.29. The third kappa shape index (κ3) is 3.24. The molecule has 0 aromatic heterocycles. The molecule has 18 heavy (non-hydrogen) atoms. The molecule has 1 aromatic rings. The largest absolute Gasteiger partial charge is 0.496 e. The highest BCUT2D eigenvalue weighted by atomic mass is 16.5. The topological polar surface area (TPSA) is 38.5 Å². The van der Waals surface area contributed by atoms with E-state index in [0.717, 1.165) is 38.2 Å². The molecule has 0 saturated heterocycles.